The van der Waals surface area contributed by atoms with Crippen LogP contribution in [0, 0.1) is 6.92 Å². The number of carbonyl (C=O) groups is 1. The predicted octanol–water partition coefficient (Wildman–Crippen LogP) is 6.40. The molecule has 10 heteroatoms. The van der Waals surface area contributed by atoms with Gasteiger partial charge in [0.15, 0.2) is 0 Å². The normalized spacial score (nSPS) is 17.9. The lowest BCUT2D eigenvalue weighted by molar-refractivity contribution is -0.216. The molecule has 170 valence electrons. The van der Waals surface area contributed by atoms with Crippen molar-refractivity contribution in [2.24, 2.45) is 5.16 Å². The summed E-state index contributed by atoms with van der Waals surface area (Å²) in [5, 5.41) is 6.92. The van der Waals surface area contributed by atoms with E-state index in [2.05, 4.69) is 15.5 Å². The highest BCUT2D eigenvalue weighted by atomic mass is 35.5. The standard InChI is InChI=1S/C23H16Cl2F3N3O2/c1-12-4-5-13(9-18(12)30-22(32)14-3-2-6-29-11-14)20-19(21(33-31-20)23(26,27)28)15-7-16(24)10-17(25)8-15/h2-11,19,21H,1H3,(H,30,32)/t19?,21-/m0/s1. The first kappa shape index (κ1) is 23.1. The summed E-state index contributed by atoms with van der Waals surface area (Å²) >= 11 is 12.1. The van der Waals surface area contributed by atoms with Crippen LogP contribution < -0.4 is 5.32 Å². The number of nitrogens with zero attached hydrogens (tertiary/aromatic N) is 2. The Hall–Kier alpha value is -3.10. The molecule has 0 saturated carbocycles. The largest absolute Gasteiger partial charge is 0.429 e. The van der Waals surface area contributed by atoms with Crippen LogP contribution in [0.25, 0.3) is 0 Å². The summed E-state index contributed by atoms with van der Waals surface area (Å²) in [5.41, 5.74) is 2.09. The van der Waals surface area contributed by atoms with Gasteiger partial charge in [-0.15, -0.1) is 0 Å². The number of pyridine rings is 1. The second-order valence-electron chi connectivity index (χ2n) is 7.45. The maximum absolute atomic E-state index is 13.8. The number of anilines is 1. The van der Waals surface area contributed by atoms with Gasteiger partial charge < -0.3 is 10.2 Å². The molecule has 0 spiro atoms. The molecule has 1 unspecified atom stereocenters. The minimum absolute atomic E-state index is 0.0486. The molecule has 3 aromatic rings. The fourth-order valence-electron chi connectivity index (χ4n) is 3.55. The van der Waals surface area contributed by atoms with Crippen molar-refractivity contribution in [3.63, 3.8) is 0 Å². The molecule has 0 bridgehead atoms. The van der Waals surface area contributed by atoms with E-state index in [1.807, 2.05) is 0 Å². The summed E-state index contributed by atoms with van der Waals surface area (Å²) in [5.74, 6) is -1.70. The third kappa shape index (κ3) is 4.96. The molecule has 0 aliphatic carbocycles. The van der Waals surface area contributed by atoms with Gasteiger partial charge in [0.25, 0.3) is 5.91 Å². The van der Waals surface area contributed by atoms with Crippen LogP contribution in [0.3, 0.4) is 0 Å². The van der Waals surface area contributed by atoms with Crippen molar-refractivity contribution in [3.8, 4) is 0 Å². The highest BCUT2D eigenvalue weighted by Crippen LogP contribution is 2.42. The van der Waals surface area contributed by atoms with Crippen molar-refractivity contribution in [1.29, 1.82) is 0 Å². The lowest BCUT2D eigenvalue weighted by Crippen LogP contribution is -2.35. The zero-order chi connectivity index (χ0) is 23.8. The Balaban J connectivity index is 1.72. The number of halogens is 5. The molecule has 33 heavy (non-hydrogen) atoms. The highest BCUT2D eigenvalue weighted by molar-refractivity contribution is 6.34. The zero-order valence-corrected chi connectivity index (χ0v) is 18.5. The van der Waals surface area contributed by atoms with Crippen LogP contribution in [0.15, 0.2) is 66.1 Å². The van der Waals surface area contributed by atoms with E-state index < -0.39 is 24.1 Å². The van der Waals surface area contributed by atoms with Gasteiger partial charge in [-0.25, -0.2) is 0 Å². The summed E-state index contributed by atoms with van der Waals surface area (Å²) in [6, 6.07) is 12.3. The van der Waals surface area contributed by atoms with E-state index in [9.17, 15) is 18.0 Å². The van der Waals surface area contributed by atoms with Crippen LogP contribution in [0.5, 0.6) is 0 Å². The molecule has 0 radical (unpaired) electrons. The number of oxime groups is 1. The fraction of sp³-hybridized carbons (Fsp3) is 0.174. The Kier molecular flexibility index (Phi) is 6.32. The molecule has 2 heterocycles. The first-order valence-electron chi connectivity index (χ1n) is 9.72. The number of alkyl halides is 3. The third-order valence-corrected chi connectivity index (χ3v) is 5.57. The third-order valence-electron chi connectivity index (χ3n) is 5.13. The molecule has 1 aliphatic rings. The summed E-state index contributed by atoms with van der Waals surface area (Å²) in [7, 11) is 0. The summed E-state index contributed by atoms with van der Waals surface area (Å²) in [6.45, 7) is 1.77. The summed E-state index contributed by atoms with van der Waals surface area (Å²) in [4.78, 5) is 21.3. The van der Waals surface area contributed by atoms with E-state index in [0.29, 0.717) is 22.4 Å². The monoisotopic (exact) mass is 493 g/mol. The van der Waals surface area contributed by atoms with Crippen LogP contribution in [0.1, 0.15) is 33.0 Å². The van der Waals surface area contributed by atoms with Gasteiger partial charge in [-0.3, -0.25) is 9.78 Å². The molecule has 1 amide bonds. The van der Waals surface area contributed by atoms with Crippen molar-refractivity contribution >= 4 is 40.5 Å². The number of benzene rings is 2. The average molecular weight is 494 g/mol. The van der Waals surface area contributed by atoms with Crippen LogP contribution >= 0.6 is 23.2 Å². The van der Waals surface area contributed by atoms with Gasteiger partial charge in [-0.05, 0) is 54.4 Å². The molecule has 0 fully saturated rings. The maximum atomic E-state index is 13.8. The highest BCUT2D eigenvalue weighted by Gasteiger charge is 2.53. The van der Waals surface area contributed by atoms with E-state index >= 15 is 0 Å². The van der Waals surface area contributed by atoms with Gasteiger partial charge in [0.05, 0.1) is 17.2 Å². The molecule has 0 saturated heterocycles. The van der Waals surface area contributed by atoms with Gasteiger partial charge in [-0.1, -0.05) is 40.5 Å². The van der Waals surface area contributed by atoms with Crippen LogP contribution in [-0.2, 0) is 4.84 Å². The second-order valence-corrected chi connectivity index (χ2v) is 8.32. The first-order chi connectivity index (χ1) is 15.6. The zero-order valence-electron chi connectivity index (χ0n) is 17.0. The van der Waals surface area contributed by atoms with E-state index in [1.54, 1.807) is 43.5 Å². The molecular weight excluding hydrogens is 478 g/mol. The van der Waals surface area contributed by atoms with Crippen LogP contribution in [-0.4, -0.2) is 28.9 Å². The van der Waals surface area contributed by atoms with E-state index in [-0.39, 0.29) is 21.3 Å². The van der Waals surface area contributed by atoms with Crippen molar-refractivity contribution in [2.45, 2.75) is 25.1 Å². The number of aromatic nitrogens is 1. The topological polar surface area (TPSA) is 63.6 Å². The van der Waals surface area contributed by atoms with Crippen molar-refractivity contribution < 1.29 is 22.8 Å². The van der Waals surface area contributed by atoms with E-state index in [0.717, 1.165) is 0 Å². The lowest BCUT2D eigenvalue weighted by Gasteiger charge is -2.22. The van der Waals surface area contributed by atoms with E-state index in [4.69, 9.17) is 28.0 Å². The Labute approximate surface area is 197 Å². The lowest BCUT2D eigenvalue weighted by atomic mass is 9.85. The molecule has 4 rings (SSSR count). The Morgan fingerprint density at radius 2 is 1.82 bits per heavy atom. The minimum atomic E-state index is -4.69. The van der Waals surface area contributed by atoms with Crippen LogP contribution in [0.2, 0.25) is 10.0 Å². The Morgan fingerprint density at radius 3 is 2.45 bits per heavy atom. The number of aryl methyl sites for hydroxylation is 1. The fourth-order valence-corrected chi connectivity index (χ4v) is 4.09. The number of carbonyl (C=O) groups excluding carboxylic acids is 1. The van der Waals surface area contributed by atoms with Gasteiger partial charge in [0, 0.05) is 33.7 Å². The van der Waals surface area contributed by atoms with Gasteiger partial charge in [0.1, 0.15) is 0 Å². The van der Waals surface area contributed by atoms with Gasteiger partial charge in [0.2, 0.25) is 6.10 Å². The SMILES string of the molecule is Cc1ccc(C2=NO[C@H](C(F)(F)F)C2c2cc(Cl)cc(Cl)c2)cc1NC(=O)c1cccnc1. The molecule has 5 nitrogen and oxygen atoms in total. The number of hydrogen-bond acceptors (Lipinski definition) is 4. The molecule has 1 aliphatic heterocycles. The smallest absolute Gasteiger partial charge is 0.381 e. The van der Waals surface area contributed by atoms with Gasteiger partial charge >= 0.3 is 6.18 Å². The van der Waals surface area contributed by atoms with Gasteiger partial charge in [-0.2, -0.15) is 13.2 Å². The van der Waals surface area contributed by atoms with Crippen molar-refractivity contribution in [2.75, 3.05) is 5.32 Å². The molecular formula is C23H16Cl2F3N3O2. The number of amides is 1. The minimum Gasteiger partial charge on any atom is -0.381 e. The second kappa shape index (κ2) is 9.03. The number of nitrogens with one attached hydrogen (secondary N) is 1. The Morgan fingerprint density at radius 1 is 1.09 bits per heavy atom. The summed E-state index contributed by atoms with van der Waals surface area (Å²) < 4.78 is 41.3. The quantitative estimate of drug-likeness (QED) is 0.457. The molecule has 2 aromatic carbocycles. The number of rotatable bonds is 4. The molecule has 1 aromatic heterocycles. The molecule has 1 N–H and O–H groups in total. The predicted molar refractivity (Wildman–Crippen MR) is 120 cm³/mol. The first-order valence-corrected chi connectivity index (χ1v) is 10.5. The summed E-state index contributed by atoms with van der Waals surface area (Å²) in [6.07, 6.45) is -3.94. The van der Waals surface area contributed by atoms with E-state index in [1.165, 1.54) is 24.4 Å². The van der Waals surface area contributed by atoms with Crippen molar-refractivity contribution in [3.05, 3.63) is 93.2 Å². The number of hydrogen-bond donors (Lipinski definition) is 1. The average Bonchev–Trinajstić information content (AvgIpc) is 3.21. The van der Waals surface area contributed by atoms with Crippen molar-refractivity contribution in [1.82, 2.24) is 4.98 Å². The Bertz CT molecular complexity index is 1210. The molecule has 2 atom stereocenters. The van der Waals surface area contributed by atoms with Crippen LogP contribution in [0.4, 0.5) is 18.9 Å². The maximum Gasteiger partial charge on any atom is 0.429 e.